The fourth-order valence-electron chi connectivity index (χ4n) is 1.40. The van der Waals surface area contributed by atoms with Gasteiger partial charge in [0.1, 0.15) is 11.0 Å². The summed E-state index contributed by atoms with van der Waals surface area (Å²) in [5.41, 5.74) is 0.952. The van der Waals surface area contributed by atoms with Crippen molar-refractivity contribution >= 4 is 29.3 Å². The number of hydrogen-bond donors (Lipinski definition) is 1. The van der Waals surface area contributed by atoms with E-state index >= 15 is 0 Å². The molecule has 1 N–H and O–H groups in total. The Labute approximate surface area is 118 Å². The molecule has 0 amide bonds. The van der Waals surface area contributed by atoms with Crippen LogP contribution in [0.4, 0.5) is 4.39 Å². The summed E-state index contributed by atoms with van der Waals surface area (Å²) >= 11 is 6.88. The second kappa shape index (κ2) is 6.04. The quantitative estimate of drug-likeness (QED) is 0.687. The number of carbonyl (C=O) groups is 1. The number of nitrogens with zero attached hydrogens (tertiary/aromatic N) is 1. The Morgan fingerprint density at radius 1 is 1.37 bits per heavy atom. The Hall–Kier alpha value is -1.59. The Morgan fingerprint density at radius 2 is 2.16 bits per heavy atom. The van der Waals surface area contributed by atoms with Gasteiger partial charge in [-0.2, -0.15) is 0 Å². The lowest BCUT2D eigenvalue weighted by Gasteiger charge is -2.04. The first-order valence-electron chi connectivity index (χ1n) is 5.32. The van der Waals surface area contributed by atoms with Crippen LogP contribution in [0.25, 0.3) is 0 Å². The molecule has 0 spiro atoms. The summed E-state index contributed by atoms with van der Waals surface area (Å²) in [6.07, 6.45) is 1.61. The van der Waals surface area contributed by atoms with Crippen molar-refractivity contribution in [3.63, 3.8) is 0 Å². The van der Waals surface area contributed by atoms with Crippen molar-refractivity contribution in [1.82, 2.24) is 4.98 Å². The average Bonchev–Trinajstić information content (AvgIpc) is 2.39. The van der Waals surface area contributed by atoms with Crippen molar-refractivity contribution in [2.75, 3.05) is 0 Å². The van der Waals surface area contributed by atoms with Crippen LogP contribution in [-0.4, -0.2) is 16.1 Å². The van der Waals surface area contributed by atoms with Crippen molar-refractivity contribution in [1.29, 1.82) is 0 Å². The first-order chi connectivity index (χ1) is 9.06. The van der Waals surface area contributed by atoms with Gasteiger partial charge < -0.3 is 5.11 Å². The van der Waals surface area contributed by atoms with E-state index in [1.807, 2.05) is 0 Å². The molecule has 0 radical (unpaired) electrons. The van der Waals surface area contributed by atoms with Crippen molar-refractivity contribution in [2.45, 2.75) is 10.6 Å². The largest absolute Gasteiger partial charge is 0.478 e. The maximum absolute atomic E-state index is 13.5. The van der Waals surface area contributed by atoms with Gasteiger partial charge in [-0.1, -0.05) is 17.7 Å². The molecule has 1 heterocycles. The van der Waals surface area contributed by atoms with E-state index in [0.717, 1.165) is 11.6 Å². The monoisotopic (exact) mass is 297 g/mol. The number of carboxylic acid groups (broad SMARTS) is 1. The van der Waals surface area contributed by atoms with Crippen LogP contribution >= 0.6 is 23.4 Å². The first-order valence-corrected chi connectivity index (χ1v) is 6.68. The van der Waals surface area contributed by atoms with Crippen LogP contribution in [0.5, 0.6) is 0 Å². The van der Waals surface area contributed by atoms with Crippen LogP contribution in [-0.2, 0) is 5.75 Å². The molecule has 1 aromatic heterocycles. The van der Waals surface area contributed by atoms with Gasteiger partial charge in [0, 0.05) is 16.8 Å². The predicted octanol–water partition coefficient (Wildman–Crippen LogP) is 3.86. The molecular weight excluding hydrogens is 289 g/mol. The number of pyridine rings is 1. The molecule has 2 rings (SSSR count). The minimum atomic E-state index is -1.07. The number of halogens is 2. The molecule has 0 aliphatic heterocycles. The zero-order valence-electron chi connectivity index (χ0n) is 9.64. The third kappa shape index (κ3) is 3.68. The molecule has 0 fully saturated rings. The summed E-state index contributed by atoms with van der Waals surface area (Å²) in [6, 6.07) is 7.17. The van der Waals surface area contributed by atoms with Gasteiger partial charge in [-0.15, -0.1) is 11.8 Å². The third-order valence-corrected chi connectivity index (χ3v) is 3.69. The van der Waals surface area contributed by atoms with Gasteiger partial charge in [-0.3, -0.25) is 0 Å². The standard InChI is InChI=1S/C13H9ClFNO2S/c14-12-4-1-8(6-16-12)7-19-11-5-9(13(17)18)2-3-10(11)15/h1-6H,7H2,(H,17,18). The van der Waals surface area contributed by atoms with Crippen LogP contribution in [0, 0.1) is 5.82 Å². The molecule has 0 aliphatic carbocycles. The van der Waals surface area contributed by atoms with E-state index in [1.54, 1.807) is 18.3 Å². The van der Waals surface area contributed by atoms with Crippen LogP contribution < -0.4 is 0 Å². The minimum absolute atomic E-state index is 0.0677. The van der Waals surface area contributed by atoms with Gasteiger partial charge in [0.25, 0.3) is 0 Å². The maximum atomic E-state index is 13.5. The van der Waals surface area contributed by atoms with Crippen molar-refractivity contribution in [3.05, 3.63) is 58.6 Å². The lowest BCUT2D eigenvalue weighted by atomic mass is 10.2. The molecule has 19 heavy (non-hydrogen) atoms. The summed E-state index contributed by atoms with van der Waals surface area (Å²) in [6.45, 7) is 0. The molecule has 0 atom stereocenters. The second-order valence-corrected chi connectivity index (χ2v) is 5.13. The van der Waals surface area contributed by atoms with Crippen molar-refractivity contribution in [3.8, 4) is 0 Å². The molecule has 6 heteroatoms. The van der Waals surface area contributed by atoms with E-state index in [-0.39, 0.29) is 5.56 Å². The minimum Gasteiger partial charge on any atom is -0.478 e. The predicted molar refractivity (Wildman–Crippen MR) is 72.2 cm³/mol. The highest BCUT2D eigenvalue weighted by atomic mass is 35.5. The highest BCUT2D eigenvalue weighted by Gasteiger charge is 2.09. The number of aromatic nitrogens is 1. The fourth-order valence-corrected chi connectivity index (χ4v) is 2.42. The molecule has 2 aromatic rings. The SMILES string of the molecule is O=C(O)c1ccc(F)c(SCc2ccc(Cl)nc2)c1. The van der Waals surface area contributed by atoms with E-state index in [2.05, 4.69) is 4.98 Å². The maximum Gasteiger partial charge on any atom is 0.335 e. The summed E-state index contributed by atoms with van der Waals surface area (Å²) < 4.78 is 13.5. The summed E-state index contributed by atoms with van der Waals surface area (Å²) in [4.78, 5) is 15.0. The van der Waals surface area contributed by atoms with Crippen molar-refractivity contribution < 1.29 is 14.3 Å². The van der Waals surface area contributed by atoms with Crippen LogP contribution in [0.15, 0.2) is 41.4 Å². The zero-order valence-corrected chi connectivity index (χ0v) is 11.2. The third-order valence-electron chi connectivity index (χ3n) is 2.36. The number of rotatable bonds is 4. The highest BCUT2D eigenvalue weighted by molar-refractivity contribution is 7.98. The van der Waals surface area contributed by atoms with Crippen LogP contribution in [0.1, 0.15) is 15.9 Å². The van der Waals surface area contributed by atoms with Gasteiger partial charge in [0.05, 0.1) is 5.56 Å². The lowest BCUT2D eigenvalue weighted by molar-refractivity contribution is 0.0696. The van der Waals surface area contributed by atoms with Gasteiger partial charge in [0.15, 0.2) is 0 Å². The van der Waals surface area contributed by atoms with Gasteiger partial charge in [-0.25, -0.2) is 14.2 Å². The summed E-state index contributed by atoms with van der Waals surface area (Å²) in [7, 11) is 0. The molecule has 0 aliphatic rings. The van der Waals surface area contributed by atoms with E-state index in [4.69, 9.17) is 16.7 Å². The number of benzene rings is 1. The topological polar surface area (TPSA) is 50.2 Å². The number of hydrogen-bond acceptors (Lipinski definition) is 3. The molecule has 98 valence electrons. The van der Waals surface area contributed by atoms with Gasteiger partial charge in [-0.05, 0) is 29.8 Å². The molecule has 0 saturated carbocycles. The van der Waals surface area contributed by atoms with E-state index < -0.39 is 11.8 Å². The van der Waals surface area contributed by atoms with E-state index in [9.17, 15) is 9.18 Å². The Bertz CT molecular complexity index is 604. The van der Waals surface area contributed by atoms with E-state index in [1.165, 1.54) is 23.9 Å². The normalized spacial score (nSPS) is 10.4. The fraction of sp³-hybridized carbons (Fsp3) is 0.0769. The molecular formula is C13H9ClFNO2S. The second-order valence-electron chi connectivity index (χ2n) is 3.73. The number of aromatic carboxylic acids is 1. The van der Waals surface area contributed by atoms with Gasteiger partial charge in [0.2, 0.25) is 0 Å². The number of carboxylic acids is 1. The summed E-state index contributed by atoms with van der Waals surface area (Å²) in [5.74, 6) is -1.02. The smallest absolute Gasteiger partial charge is 0.335 e. The molecule has 0 unspecified atom stereocenters. The van der Waals surface area contributed by atoms with Crippen molar-refractivity contribution in [2.24, 2.45) is 0 Å². The molecule has 0 bridgehead atoms. The first kappa shape index (κ1) is 13.8. The van der Waals surface area contributed by atoms with Gasteiger partial charge >= 0.3 is 5.97 Å². The number of thioether (sulfide) groups is 1. The Morgan fingerprint density at radius 3 is 2.79 bits per heavy atom. The Balaban J connectivity index is 2.12. The lowest BCUT2D eigenvalue weighted by Crippen LogP contribution is -1.97. The average molecular weight is 298 g/mol. The van der Waals surface area contributed by atoms with Crippen LogP contribution in [0.2, 0.25) is 5.15 Å². The summed E-state index contributed by atoms with van der Waals surface area (Å²) in [5, 5.41) is 9.26. The zero-order chi connectivity index (χ0) is 13.8. The Kier molecular flexibility index (Phi) is 4.39. The highest BCUT2D eigenvalue weighted by Crippen LogP contribution is 2.26. The molecule has 3 nitrogen and oxygen atoms in total. The molecule has 1 aromatic carbocycles. The molecule has 0 saturated heterocycles. The van der Waals surface area contributed by atoms with E-state index in [0.29, 0.717) is 15.8 Å². The van der Waals surface area contributed by atoms with Crippen LogP contribution in [0.3, 0.4) is 0 Å².